The molecule has 3 rings (SSSR count). The van der Waals surface area contributed by atoms with Gasteiger partial charge in [0.05, 0.1) is 5.69 Å². The Kier molecular flexibility index (Phi) is 3.23. The lowest BCUT2D eigenvalue weighted by Gasteiger charge is -2.15. The van der Waals surface area contributed by atoms with E-state index in [0.29, 0.717) is 19.5 Å². The third-order valence-electron chi connectivity index (χ3n) is 3.63. The number of anilines is 1. The zero-order valence-electron chi connectivity index (χ0n) is 11.4. The monoisotopic (exact) mass is 271 g/mol. The smallest absolute Gasteiger partial charge is 0.228 e. The van der Waals surface area contributed by atoms with Crippen LogP contribution >= 0.6 is 0 Å². The molecule has 0 radical (unpaired) electrons. The van der Waals surface area contributed by atoms with Gasteiger partial charge in [-0.3, -0.25) is 19.4 Å². The van der Waals surface area contributed by atoms with Gasteiger partial charge in [-0.15, -0.1) is 0 Å². The summed E-state index contributed by atoms with van der Waals surface area (Å²) < 4.78 is 1.74. The Hall–Kier alpha value is -2.21. The molecule has 1 unspecified atom stereocenters. The van der Waals surface area contributed by atoms with Gasteiger partial charge in [0.25, 0.3) is 0 Å². The number of amides is 1. The van der Waals surface area contributed by atoms with Crippen LogP contribution in [0.1, 0.15) is 6.42 Å². The molecule has 0 aromatic carbocycles. The Labute approximate surface area is 117 Å². The van der Waals surface area contributed by atoms with E-state index in [1.165, 1.54) is 0 Å². The quantitative estimate of drug-likeness (QED) is 0.895. The summed E-state index contributed by atoms with van der Waals surface area (Å²) in [6.07, 6.45) is 4.01. The summed E-state index contributed by atoms with van der Waals surface area (Å²) in [5.41, 5.74) is 7.42. The molecule has 104 valence electrons. The molecule has 2 aromatic heterocycles. The zero-order chi connectivity index (χ0) is 14.1. The molecule has 3 heterocycles. The molecule has 6 nitrogen and oxygen atoms in total. The van der Waals surface area contributed by atoms with E-state index >= 15 is 0 Å². The summed E-state index contributed by atoms with van der Waals surface area (Å²) >= 11 is 0. The fourth-order valence-corrected chi connectivity index (χ4v) is 2.53. The SMILES string of the molecule is Cn1nc(-c2cccnc2)cc1N1CC(CN)CC1=O. The number of hydrogen-bond donors (Lipinski definition) is 1. The van der Waals surface area contributed by atoms with Crippen molar-refractivity contribution in [2.75, 3.05) is 18.0 Å². The first-order valence-corrected chi connectivity index (χ1v) is 6.64. The van der Waals surface area contributed by atoms with Crippen molar-refractivity contribution in [3.8, 4) is 11.3 Å². The Morgan fingerprint density at radius 1 is 1.50 bits per heavy atom. The highest BCUT2D eigenvalue weighted by molar-refractivity contribution is 5.95. The molecule has 1 saturated heterocycles. The minimum Gasteiger partial charge on any atom is -0.330 e. The number of nitrogens with zero attached hydrogens (tertiary/aromatic N) is 4. The van der Waals surface area contributed by atoms with Crippen molar-refractivity contribution in [1.82, 2.24) is 14.8 Å². The molecule has 0 spiro atoms. The highest BCUT2D eigenvalue weighted by Gasteiger charge is 2.31. The van der Waals surface area contributed by atoms with Crippen LogP contribution in [0.5, 0.6) is 0 Å². The van der Waals surface area contributed by atoms with Gasteiger partial charge < -0.3 is 5.73 Å². The second-order valence-corrected chi connectivity index (χ2v) is 5.06. The van der Waals surface area contributed by atoms with Crippen molar-refractivity contribution < 1.29 is 4.79 Å². The maximum Gasteiger partial charge on any atom is 0.228 e. The normalized spacial score (nSPS) is 18.8. The van der Waals surface area contributed by atoms with Crippen molar-refractivity contribution >= 4 is 11.7 Å². The maximum absolute atomic E-state index is 12.1. The molecule has 1 aliphatic rings. The minimum absolute atomic E-state index is 0.112. The van der Waals surface area contributed by atoms with Crippen LogP contribution in [-0.2, 0) is 11.8 Å². The number of pyridine rings is 1. The van der Waals surface area contributed by atoms with Gasteiger partial charge in [-0.25, -0.2) is 0 Å². The third kappa shape index (κ3) is 2.18. The zero-order valence-corrected chi connectivity index (χ0v) is 11.4. The van der Waals surface area contributed by atoms with Crippen LogP contribution in [0.2, 0.25) is 0 Å². The van der Waals surface area contributed by atoms with E-state index in [0.717, 1.165) is 17.1 Å². The van der Waals surface area contributed by atoms with Gasteiger partial charge in [0, 0.05) is 44.0 Å². The Bertz CT molecular complexity index is 622. The molecular formula is C14H17N5O. The molecule has 0 bridgehead atoms. The summed E-state index contributed by atoms with van der Waals surface area (Å²) in [5.74, 6) is 1.16. The summed E-state index contributed by atoms with van der Waals surface area (Å²) in [6, 6.07) is 5.75. The molecule has 2 aromatic rings. The van der Waals surface area contributed by atoms with E-state index in [9.17, 15) is 4.79 Å². The molecule has 1 atom stereocenters. The Morgan fingerprint density at radius 2 is 2.35 bits per heavy atom. The molecule has 6 heteroatoms. The van der Waals surface area contributed by atoms with Crippen molar-refractivity contribution in [2.24, 2.45) is 18.7 Å². The van der Waals surface area contributed by atoms with Gasteiger partial charge in [0.1, 0.15) is 5.82 Å². The van der Waals surface area contributed by atoms with Gasteiger partial charge in [0.2, 0.25) is 5.91 Å². The molecular weight excluding hydrogens is 254 g/mol. The standard InChI is InChI=1S/C14H17N5O/c1-18-13(19-9-10(7-15)5-14(19)20)6-12(17-18)11-3-2-4-16-8-11/h2-4,6,8,10H,5,7,9,15H2,1H3. The minimum atomic E-state index is 0.112. The molecule has 0 aliphatic carbocycles. The lowest BCUT2D eigenvalue weighted by Crippen LogP contribution is -2.27. The number of carbonyl (C=O) groups is 1. The van der Waals surface area contributed by atoms with Gasteiger partial charge in [0.15, 0.2) is 0 Å². The van der Waals surface area contributed by atoms with Gasteiger partial charge in [-0.05, 0) is 24.6 Å². The molecule has 0 saturated carbocycles. The van der Waals surface area contributed by atoms with Crippen LogP contribution in [0.15, 0.2) is 30.6 Å². The molecule has 1 amide bonds. The van der Waals surface area contributed by atoms with Crippen LogP contribution in [-0.4, -0.2) is 33.8 Å². The summed E-state index contributed by atoms with van der Waals surface area (Å²) in [6.45, 7) is 1.21. The summed E-state index contributed by atoms with van der Waals surface area (Å²) in [7, 11) is 1.85. The summed E-state index contributed by atoms with van der Waals surface area (Å²) in [4.78, 5) is 17.9. The Morgan fingerprint density at radius 3 is 3.00 bits per heavy atom. The van der Waals surface area contributed by atoms with Gasteiger partial charge >= 0.3 is 0 Å². The second kappa shape index (κ2) is 5.05. The van der Waals surface area contributed by atoms with Crippen LogP contribution in [0, 0.1) is 5.92 Å². The van der Waals surface area contributed by atoms with E-state index in [1.807, 2.05) is 25.2 Å². The molecule has 20 heavy (non-hydrogen) atoms. The highest BCUT2D eigenvalue weighted by atomic mass is 16.2. The first kappa shape index (κ1) is 12.8. The van der Waals surface area contributed by atoms with Crippen molar-refractivity contribution in [2.45, 2.75) is 6.42 Å². The van der Waals surface area contributed by atoms with Crippen molar-refractivity contribution in [3.63, 3.8) is 0 Å². The van der Waals surface area contributed by atoms with E-state index < -0.39 is 0 Å². The predicted octanol–water partition coefficient (Wildman–Crippen LogP) is 0.794. The van der Waals surface area contributed by atoms with E-state index in [4.69, 9.17) is 5.73 Å². The fourth-order valence-electron chi connectivity index (χ4n) is 2.53. The van der Waals surface area contributed by atoms with Crippen molar-refractivity contribution in [1.29, 1.82) is 0 Å². The fraction of sp³-hybridized carbons (Fsp3) is 0.357. The number of nitrogens with two attached hydrogens (primary N) is 1. The first-order valence-electron chi connectivity index (χ1n) is 6.64. The number of aromatic nitrogens is 3. The summed E-state index contributed by atoms with van der Waals surface area (Å²) in [5, 5.41) is 4.46. The van der Waals surface area contributed by atoms with E-state index in [2.05, 4.69) is 10.1 Å². The topological polar surface area (TPSA) is 77.0 Å². The van der Waals surface area contributed by atoms with Gasteiger partial charge in [-0.2, -0.15) is 5.10 Å². The van der Waals surface area contributed by atoms with Crippen LogP contribution in [0.4, 0.5) is 5.82 Å². The lowest BCUT2D eigenvalue weighted by molar-refractivity contribution is -0.117. The second-order valence-electron chi connectivity index (χ2n) is 5.06. The number of hydrogen-bond acceptors (Lipinski definition) is 4. The van der Waals surface area contributed by atoms with Crippen LogP contribution < -0.4 is 10.6 Å². The number of rotatable bonds is 3. The molecule has 1 fully saturated rings. The largest absolute Gasteiger partial charge is 0.330 e. The number of carbonyl (C=O) groups excluding carboxylic acids is 1. The third-order valence-corrected chi connectivity index (χ3v) is 3.63. The lowest BCUT2D eigenvalue weighted by atomic mass is 10.1. The maximum atomic E-state index is 12.1. The average molecular weight is 271 g/mol. The first-order chi connectivity index (χ1) is 9.69. The molecule has 1 aliphatic heterocycles. The predicted molar refractivity (Wildman–Crippen MR) is 76.0 cm³/mol. The van der Waals surface area contributed by atoms with Crippen LogP contribution in [0.25, 0.3) is 11.3 Å². The van der Waals surface area contributed by atoms with E-state index in [1.54, 1.807) is 22.0 Å². The van der Waals surface area contributed by atoms with E-state index in [-0.39, 0.29) is 11.8 Å². The highest BCUT2D eigenvalue weighted by Crippen LogP contribution is 2.28. The molecule has 2 N–H and O–H groups in total. The number of aryl methyl sites for hydroxylation is 1. The van der Waals surface area contributed by atoms with Crippen LogP contribution in [0.3, 0.4) is 0 Å². The van der Waals surface area contributed by atoms with Gasteiger partial charge in [-0.1, -0.05) is 0 Å². The average Bonchev–Trinajstić information content (AvgIpc) is 3.02. The van der Waals surface area contributed by atoms with Crippen molar-refractivity contribution in [3.05, 3.63) is 30.6 Å². The Balaban J connectivity index is 1.92.